The average molecular weight is 218 g/mol. The predicted octanol–water partition coefficient (Wildman–Crippen LogP) is 3.47. The van der Waals surface area contributed by atoms with Gasteiger partial charge in [-0.1, -0.05) is 31.6 Å². The summed E-state index contributed by atoms with van der Waals surface area (Å²) in [4.78, 5) is 10.7. The molecule has 0 aliphatic heterocycles. The Labute approximate surface area is 96.9 Å². The molecule has 0 bridgehead atoms. The van der Waals surface area contributed by atoms with Gasteiger partial charge in [-0.25, -0.2) is 0 Å². The summed E-state index contributed by atoms with van der Waals surface area (Å²) >= 11 is 0. The highest BCUT2D eigenvalue weighted by Crippen LogP contribution is 2.17. The van der Waals surface area contributed by atoms with Gasteiger partial charge < -0.3 is 4.74 Å². The lowest BCUT2D eigenvalue weighted by Crippen LogP contribution is -1.96. The molecule has 0 aliphatic carbocycles. The molecular formula is C14H18O2. The molecule has 0 unspecified atom stereocenters. The second-order valence-corrected chi connectivity index (χ2v) is 3.59. The van der Waals surface area contributed by atoms with E-state index in [1.165, 1.54) is 0 Å². The van der Waals surface area contributed by atoms with Gasteiger partial charge in [0.1, 0.15) is 12.0 Å². The second-order valence-electron chi connectivity index (χ2n) is 3.59. The lowest BCUT2D eigenvalue weighted by atomic mass is 10.1. The van der Waals surface area contributed by atoms with Crippen molar-refractivity contribution in [3.63, 3.8) is 0 Å². The van der Waals surface area contributed by atoms with Crippen molar-refractivity contribution in [2.75, 3.05) is 6.61 Å². The van der Waals surface area contributed by atoms with Crippen LogP contribution in [0.15, 0.2) is 30.3 Å². The standard InChI is InChI=1S/C14H18O2/c1-3-5-10-16-14-8-6-13(7-9-14)12(4-2)11-15/h4,6-9,11H,3,5,10H2,1-2H3. The SMILES string of the molecule is CC=C(C=O)c1ccc(OCCCC)cc1. The van der Waals surface area contributed by atoms with Crippen LogP contribution in [0, 0.1) is 0 Å². The van der Waals surface area contributed by atoms with Gasteiger partial charge in [0.05, 0.1) is 6.61 Å². The Bertz CT molecular complexity index is 350. The first kappa shape index (κ1) is 12.5. The van der Waals surface area contributed by atoms with Crippen LogP contribution < -0.4 is 4.74 Å². The molecule has 1 rings (SSSR count). The van der Waals surface area contributed by atoms with Gasteiger partial charge >= 0.3 is 0 Å². The van der Waals surface area contributed by atoms with Gasteiger partial charge in [0.15, 0.2) is 0 Å². The van der Waals surface area contributed by atoms with E-state index in [-0.39, 0.29) is 0 Å². The molecule has 0 aromatic heterocycles. The fourth-order valence-corrected chi connectivity index (χ4v) is 1.38. The highest BCUT2D eigenvalue weighted by atomic mass is 16.5. The van der Waals surface area contributed by atoms with Crippen molar-refractivity contribution in [3.8, 4) is 5.75 Å². The van der Waals surface area contributed by atoms with Crippen LogP contribution in [0.2, 0.25) is 0 Å². The van der Waals surface area contributed by atoms with Crippen molar-refractivity contribution >= 4 is 11.9 Å². The number of benzene rings is 1. The van der Waals surface area contributed by atoms with Crippen LogP contribution in [0.25, 0.3) is 5.57 Å². The van der Waals surface area contributed by atoms with Gasteiger partial charge in [-0.05, 0) is 31.0 Å². The molecule has 0 N–H and O–H groups in total. The summed E-state index contributed by atoms with van der Waals surface area (Å²) < 4.78 is 5.54. The molecule has 0 fully saturated rings. The first-order valence-electron chi connectivity index (χ1n) is 5.66. The summed E-state index contributed by atoms with van der Waals surface area (Å²) in [6.45, 7) is 4.74. The Morgan fingerprint density at radius 1 is 1.31 bits per heavy atom. The minimum atomic E-state index is 0.708. The zero-order valence-corrected chi connectivity index (χ0v) is 9.90. The smallest absolute Gasteiger partial charge is 0.150 e. The molecule has 0 aliphatic rings. The second kappa shape index (κ2) is 6.83. The molecule has 0 saturated heterocycles. The third-order valence-electron chi connectivity index (χ3n) is 2.39. The normalized spacial score (nSPS) is 11.2. The van der Waals surface area contributed by atoms with Crippen LogP contribution in [0.3, 0.4) is 0 Å². The minimum absolute atomic E-state index is 0.708. The Morgan fingerprint density at radius 2 is 2.00 bits per heavy atom. The Hall–Kier alpha value is -1.57. The van der Waals surface area contributed by atoms with E-state index in [0.29, 0.717) is 5.57 Å². The fraction of sp³-hybridized carbons (Fsp3) is 0.357. The Balaban J connectivity index is 2.64. The predicted molar refractivity (Wildman–Crippen MR) is 66.6 cm³/mol. The number of aldehydes is 1. The molecule has 1 aromatic rings. The lowest BCUT2D eigenvalue weighted by Gasteiger charge is -2.06. The Morgan fingerprint density at radius 3 is 2.50 bits per heavy atom. The maximum atomic E-state index is 10.7. The molecule has 0 heterocycles. The third kappa shape index (κ3) is 3.54. The molecule has 0 amide bonds. The summed E-state index contributed by atoms with van der Waals surface area (Å²) in [7, 11) is 0. The van der Waals surface area contributed by atoms with E-state index in [1.54, 1.807) is 6.08 Å². The quantitative estimate of drug-likeness (QED) is 0.415. The van der Waals surface area contributed by atoms with E-state index in [0.717, 1.165) is 37.0 Å². The van der Waals surface area contributed by atoms with Crippen molar-refractivity contribution in [2.24, 2.45) is 0 Å². The number of allylic oxidation sites excluding steroid dienone is 2. The molecule has 0 radical (unpaired) electrons. The number of rotatable bonds is 6. The largest absolute Gasteiger partial charge is 0.494 e. The maximum absolute atomic E-state index is 10.7. The average Bonchev–Trinajstić information content (AvgIpc) is 2.33. The number of carbonyl (C=O) groups excluding carboxylic acids is 1. The van der Waals surface area contributed by atoms with Crippen LogP contribution in [0.4, 0.5) is 0 Å². The first-order chi connectivity index (χ1) is 7.81. The van der Waals surface area contributed by atoms with Gasteiger partial charge in [0.2, 0.25) is 0 Å². The van der Waals surface area contributed by atoms with E-state index in [2.05, 4.69) is 6.92 Å². The number of hydrogen-bond donors (Lipinski definition) is 0. The molecule has 16 heavy (non-hydrogen) atoms. The molecule has 0 atom stereocenters. The van der Waals surface area contributed by atoms with E-state index in [9.17, 15) is 4.79 Å². The minimum Gasteiger partial charge on any atom is -0.494 e. The third-order valence-corrected chi connectivity index (χ3v) is 2.39. The summed E-state index contributed by atoms with van der Waals surface area (Å²) in [5.74, 6) is 0.860. The fourth-order valence-electron chi connectivity index (χ4n) is 1.38. The topological polar surface area (TPSA) is 26.3 Å². The van der Waals surface area contributed by atoms with E-state index < -0.39 is 0 Å². The van der Waals surface area contributed by atoms with Crippen LogP contribution >= 0.6 is 0 Å². The van der Waals surface area contributed by atoms with Crippen LogP contribution in [0.1, 0.15) is 32.3 Å². The van der Waals surface area contributed by atoms with E-state index in [4.69, 9.17) is 4.74 Å². The number of carbonyl (C=O) groups is 1. The molecule has 0 saturated carbocycles. The molecule has 86 valence electrons. The van der Waals surface area contributed by atoms with Gasteiger partial charge in [-0.3, -0.25) is 4.79 Å². The lowest BCUT2D eigenvalue weighted by molar-refractivity contribution is -0.103. The first-order valence-corrected chi connectivity index (χ1v) is 5.66. The van der Waals surface area contributed by atoms with Crippen LogP contribution in [-0.2, 0) is 4.79 Å². The van der Waals surface area contributed by atoms with Crippen molar-refractivity contribution in [1.82, 2.24) is 0 Å². The molecule has 2 heteroatoms. The zero-order chi connectivity index (χ0) is 11.8. The molecule has 2 nitrogen and oxygen atoms in total. The summed E-state index contributed by atoms with van der Waals surface area (Å²) in [6.07, 6.45) is 4.87. The summed E-state index contributed by atoms with van der Waals surface area (Å²) in [5.41, 5.74) is 1.64. The molecule has 0 spiro atoms. The maximum Gasteiger partial charge on any atom is 0.150 e. The van der Waals surface area contributed by atoms with Gasteiger partial charge in [-0.15, -0.1) is 0 Å². The van der Waals surface area contributed by atoms with Crippen LogP contribution in [-0.4, -0.2) is 12.9 Å². The zero-order valence-electron chi connectivity index (χ0n) is 9.90. The van der Waals surface area contributed by atoms with Crippen LogP contribution in [0.5, 0.6) is 5.75 Å². The van der Waals surface area contributed by atoms with Crippen molar-refractivity contribution in [1.29, 1.82) is 0 Å². The van der Waals surface area contributed by atoms with E-state index in [1.807, 2.05) is 31.2 Å². The highest BCUT2D eigenvalue weighted by molar-refractivity contribution is 6.06. The number of ether oxygens (including phenoxy) is 1. The van der Waals surface area contributed by atoms with Gasteiger partial charge in [-0.2, -0.15) is 0 Å². The Kier molecular flexibility index (Phi) is 5.34. The molecule has 1 aromatic carbocycles. The van der Waals surface area contributed by atoms with Crippen molar-refractivity contribution in [3.05, 3.63) is 35.9 Å². The van der Waals surface area contributed by atoms with Crippen molar-refractivity contribution in [2.45, 2.75) is 26.7 Å². The number of unbranched alkanes of at least 4 members (excludes halogenated alkanes) is 1. The highest BCUT2D eigenvalue weighted by Gasteiger charge is 1.99. The summed E-state index contributed by atoms with van der Waals surface area (Å²) in [5, 5.41) is 0. The summed E-state index contributed by atoms with van der Waals surface area (Å²) in [6, 6.07) is 7.62. The van der Waals surface area contributed by atoms with E-state index >= 15 is 0 Å². The monoisotopic (exact) mass is 218 g/mol. The van der Waals surface area contributed by atoms with Gasteiger partial charge in [0.25, 0.3) is 0 Å². The van der Waals surface area contributed by atoms with Gasteiger partial charge in [0, 0.05) is 5.57 Å². The molecular weight excluding hydrogens is 200 g/mol. The van der Waals surface area contributed by atoms with Crippen molar-refractivity contribution < 1.29 is 9.53 Å². The number of hydrogen-bond acceptors (Lipinski definition) is 2.